The monoisotopic (exact) mass is 263 g/mol. The molecule has 1 aliphatic heterocycles. The molecule has 1 aliphatic rings. The average Bonchev–Trinajstić information content (AvgIpc) is 2.48. The highest BCUT2D eigenvalue weighted by Gasteiger charge is 2.16. The van der Waals surface area contributed by atoms with E-state index in [9.17, 15) is 9.59 Å². The van der Waals surface area contributed by atoms with Crippen LogP contribution in [0.5, 0.6) is 0 Å². The van der Waals surface area contributed by atoms with Gasteiger partial charge in [0.2, 0.25) is 5.95 Å². The summed E-state index contributed by atoms with van der Waals surface area (Å²) < 4.78 is 4.45. The van der Waals surface area contributed by atoms with Crippen LogP contribution in [0.2, 0.25) is 0 Å². The third-order valence-corrected chi connectivity index (χ3v) is 3.13. The fourth-order valence-corrected chi connectivity index (χ4v) is 2.03. The summed E-state index contributed by atoms with van der Waals surface area (Å²) in [5.74, 6) is -0.225. The van der Waals surface area contributed by atoms with Crippen molar-refractivity contribution in [3.63, 3.8) is 0 Å². The van der Waals surface area contributed by atoms with Gasteiger partial charge in [-0.25, -0.2) is 9.97 Å². The number of anilines is 1. The number of rotatable bonds is 4. The lowest BCUT2D eigenvalue weighted by atomic mass is 10.1. The third kappa shape index (κ3) is 3.49. The number of hydrogen-bond acceptors (Lipinski definition) is 6. The molecule has 1 aromatic rings. The first kappa shape index (κ1) is 13.5. The molecule has 2 heterocycles. The summed E-state index contributed by atoms with van der Waals surface area (Å²) in [6.45, 7) is 1.91. The minimum atomic E-state index is -0.551. The number of ether oxygens (including phenoxy) is 1. The SMILES string of the molecule is COC(=O)CC(=O)c1cnc(N2CCCCC2)nc1. The molecular formula is C13H17N3O3. The standard InChI is InChI=1S/C13H17N3O3/c1-19-12(18)7-11(17)10-8-14-13(15-9-10)16-5-3-2-4-6-16/h8-9H,2-7H2,1H3. The average molecular weight is 263 g/mol. The Morgan fingerprint density at radius 3 is 2.42 bits per heavy atom. The number of hydrogen-bond donors (Lipinski definition) is 0. The number of ketones is 1. The van der Waals surface area contributed by atoms with E-state index in [2.05, 4.69) is 19.6 Å². The van der Waals surface area contributed by atoms with Crippen LogP contribution < -0.4 is 4.90 Å². The Labute approximate surface area is 111 Å². The molecule has 102 valence electrons. The Hall–Kier alpha value is -1.98. The summed E-state index contributed by atoms with van der Waals surface area (Å²) in [5.41, 5.74) is 0.339. The molecule has 0 aliphatic carbocycles. The van der Waals surface area contributed by atoms with Crippen LogP contribution in [-0.2, 0) is 9.53 Å². The fourth-order valence-electron chi connectivity index (χ4n) is 2.03. The maximum atomic E-state index is 11.7. The second kappa shape index (κ2) is 6.26. The van der Waals surface area contributed by atoms with Gasteiger partial charge in [0.15, 0.2) is 5.78 Å². The molecule has 0 unspecified atom stereocenters. The number of esters is 1. The summed E-state index contributed by atoms with van der Waals surface area (Å²) >= 11 is 0. The lowest BCUT2D eigenvalue weighted by Crippen LogP contribution is -2.31. The van der Waals surface area contributed by atoms with Crippen LogP contribution in [-0.4, -0.2) is 41.9 Å². The smallest absolute Gasteiger partial charge is 0.313 e. The molecule has 0 saturated carbocycles. The van der Waals surface area contributed by atoms with Crippen molar-refractivity contribution < 1.29 is 14.3 Å². The maximum Gasteiger partial charge on any atom is 0.313 e. The van der Waals surface area contributed by atoms with Gasteiger partial charge in [-0.15, -0.1) is 0 Å². The van der Waals surface area contributed by atoms with E-state index in [1.165, 1.54) is 25.9 Å². The molecule has 0 N–H and O–H groups in total. The van der Waals surface area contributed by atoms with Crippen molar-refractivity contribution in [2.45, 2.75) is 25.7 Å². The Morgan fingerprint density at radius 1 is 1.21 bits per heavy atom. The van der Waals surface area contributed by atoms with Crippen LogP contribution >= 0.6 is 0 Å². The van der Waals surface area contributed by atoms with Gasteiger partial charge in [-0.05, 0) is 19.3 Å². The van der Waals surface area contributed by atoms with Crippen molar-refractivity contribution in [3.05, 3.63) is 18.0 Å². The molecule has 2 rings (SSSR count). The second-order valence-electron chi connectivity index (χ2n) is 4.50. The summed E-state index contributed by atoms with van der Waals surface area (Å²) in [4.78, 5) is 33.2. The Morgan fingerprint density at radius 2 is 1.84 bits per heavy atom. The Kier molecular flexibility index (Phi) is 4.43. The number of methoxy groups -OCH3 is 1. The molecule has 6 nitrogen and oxygen atoms in total. The zero-order valence-corrected chi connectivity index (χ0v) is 11.0. The molecule has 0 amide bonds. The van der Waals surface area contributed by atoms with E-state index in [0.717, 1.165) is 25.9 Å². The Bertz CT molecular complexity index is 453. The first-order valence-corrected chi connectivity index (χ1v) is 6.37. The lowest BCUT2D eigenvalue weighted by molar-refractivity contribution is -0.139. The van der Waals surface area contributed by atoms with Gasteiger partial charge in [-0.3, -0.25) is 9.59 Å². The molecule has 1 aromatic heterocycles. The van der Waals surface area contributed by atoms with E-state index < -0.39 is 5.97 Å². The summed E-state index contributed by atoms with van der Waals surface area (Å²) in [6, 6.07) is 0. The van der Waals surface area contributed by atoms with Gasteiger partial charge in [-0.1, -0.05) is 0 Å². The topological polar surface area (TPSA) is 72.4 Å². The predicted molar refractivity (Wildman–Crippen MR) is 69.1 cm³/mol. The summed E-state index contributed by atoms with van der Waals surface area (Å²) in [6.07, 6.45) is 6.21. The molecule has 6 heteroatoms. The minimum Gasteiger partial charge on any atom is -0.469 e. The van der Waals surface area contributed by atoms with Crippen molar-refractivity contribution in [3.8, 4) is 0 Å². The van der Waals surface area contributed by atoms with Crippen molar-refractivity contribution in [2.24, 2.45) is 0 Å². The quantitative estimate of drug-likeness (QED) is 0.462. The van der Waals surface area contributed by atoms with Crippen molar-refractivity contribution in [1.29, 1.82) is 0 Å². The fraction of sp³-hybridized carbons (Fsp3) is 0.538. The van der Waals surface area contributed by atoms with Crippen LogP contribution in [0.4, 0.5) is 5.95 Å². The number of nitrogens with zero attached hydrogens (tertiary/aromatic N) is 3. The van der Waals surface area contributed by atoms with Gasteiger partial charge >= 0.3 is 5.97 Å². The van der Waals surface area contributed by atoms with Crippen molar-refractivity contribution in [1.82, 2.24) is 9.97 Å². The number of Topliss-reactive ketones (excluding diaryl/α,β-unsaturated/α-hetero) is 1. The normalized spacial score (nSPS) is 15.1. The first-order chi connectivity index (χ1) is 9.20. The number of aromatic nitrogens is 2. The first-order valence-electron chi connectivity index (χ1n) is 6.37. The molecule has 1 fully saturated rings. The third-order valence-electron chi connectivity index (χ3n) is 3.13. The van der Waals surface area contributed by atoms with Crippen LogP contribution in [0.15, 0.2) is 12.4 Å². The molecule has 0 spiro atoms. The summed E-state index contributed by atoms with van der Waals surface area (Å²) in [7, 11) is 1.26. The van der Waals surface area contributed by atoms with Crippen LogP contribution in [0.3, 0.4) is 0 Å². The van der Waals surface area contributed by atoms with E-state index in [1.807, 2.05) is 0 Å². The highest BCUT2D eigenvalue weighted by Crippen LogP contribution is 2.15. The van der Waals surface area contributed by atoms with E-state index >= 15 is 0 Å². The number of carbonyl (C=O) groups excluding carboxylic acids is 2. The van der Waals surface area contributed by atoms with Crippen molar-refractivity contribution in [2.75, 3.05) is 25.1 Å². The second-order valence-corrected chi connectivity index (χ2v) is 4.50. The van der Waals surface area contributed by atoms with E-state index in [-0.39, 0.29) is 12.2 Å². The van der Waals surface area contributed by atoms with Gasteiger partial charge in [0, 0.05) is 25.5 Å². The van der Waals surface area contributed by atoms with Crippen LogP contribution in [0, 0.1) is 0 Å². The number of piperidine rings is 1. The predicted octanol–water partition coefficient (Wildman–Crippen LogP) is 1.21. The molecule has 0 aromatic carbocycles. The van der Waals surface area contributed by atoms with Crippen LogP contribution in [0.1, 0.15) is 36.0 Å². The summed E-state index contributed by atoms with van der Waals surface area (Å²) in [5, 5.41) is 0. The van der Waals surface area contributed by atoms with E-state index in [0.29, 0.717) is 11.5 Å². The van der Waals surface area contributed by atoms with Gasteiger partial charge in [0.1, 0.15) is 6.42 Å². The lowest BCUT2D eigenvalue weighted by Gasteiger charge is -2.26. The van der Waals surface area contributed by atoms with Gasteiger partial charge in [0.05, 0.1) is 12.7 Å². The minimum absolute atomic E-state index is 0.275. The van der Waals surface area contributed by atoms with E-state index in [4.69, 9.17) is 0 Å². The molecule has 0 radical (unpaired) electrons. The van der Waals surface area contributed by atoms with Gasteiger partial charge in [0.25, 0.3) is 0 Å². The largest absolute Gasteiger partial charge is 0.469 e. The molecule has 1 saturated heterocycles. The highest BCUT2D eigenvalue weighted by atomic mass is 16.5. The molecule has 19 heavy (non-hydrogen) atoms. The van der Waals surface area contributed by atoms with Crippen molar-refractivity contribution >= 4 is 17.7 Å². The van der Waals surface area contributed by atoms with Crippen LogP contribution in [0.25, 0.3) is 0 Å². The van der Waals surface area contributed by atoms with Gasteiger partial charge < -0.3 is 9.64 Å². The zero-order valence-electron chi connectivity index (χ0n) is 11.0. The maximum absolute atomic E-state index is 11.7. The number of carbonyl (C=O) groups is 2. The molecular weight excluding hydrogens is 246 g/mol. The highest BCUT2D eigenvalue weighted by molar-refractivity contribution is 6.05. The zero-order chi connectivity index (χ0) is 13.7. The molecule has 0 bridgehead atoms. The van der Waals surface area contributed by atoms with E-state index in [1.54, 1.807) is 0 Å². The Balaban J connectivity index is 2.01. The van der Waals surface area contributed by atoms with Gasteiger partial charge in [-0.2, -0.15) is 0 Å². The molecule has 0 atom stereocenters.